The Morgan fingerprint density at radius 2 is 0.842 bits per heavy atom. The normalized spacial score (nSPS) is 11.5. The molecule has 0 unspecified atom stereocenters. The standard InChI is InChI=1S/C53H33N3O/c1-3-15-34(16-4-1)41-30-29-35-17-7-8-22-40(35)49(41)38-21-13-20-37(33-38)39-31-32-46(43-24-10-9-23-42(39)43)52-54-51(36-18-5-2-6-19-36)55-53(56-52)47-27-14-26-45-44-25-11-12-28-48(44)57-50(45)47/h1-33H. The molecule has 0 bridgehead atoms. The lowest BCUT2D eigenvalue weighted by molar-refractivity contribution is 0.669. The Bertz CT molecular complexity index is 3300. The molecule has 9 aromatic carbocycles. The quantitative estimate of drug-likeness (QED) is 0.171. The van der Waals surface area contributed by atoms with E-state index in [-0.39, 0.29) is 0 Å². The van der Waals surface area contributed by atoms with Crippen molar-refractivity contribution in [2.45, 2.75) is 0 Å². The highest BCUT2D eigenvalue weighted by atomic mass is 16.3. The average molecular weight is 728 g/mol. The number of benzene rings is 9. The first-order valence-corrected chi connectivity index (χ1v) is 19.2. The van der Waals surface area contributed by atoms with E-state index < -0.39 is 0 Å². The monoisotopic (exact) mass is 727 g/mol. The molecule has 0 spiro atoms. The van der Waals surface area contributed by atoms with E-state index in [9.17, 15) is 0 Å². The molecule has 0 N–H and O–H groups in total. The number of rotatable bonds is 6. The van der Waals surface area contributed by atoms with Crippen molar-refractivity contribution in [3.63, 3.8) is 0 Å². The topological polar surface area (TPSA) is 51.8 Å². The minimum absolute atomic E-state index is 0.564. The maximum atomic E-state index is 6.46. The zero-order valence-corrected chi connectivity index (χ0v) is 30.8. The van der Waals surface area contributed by atoms with Crippen molar-refractivity contribution >= 4 is 43.5 Å². The highest BCUT2D eigenvalue weighted by molar-refractivity contribution is 6.10. The Morgan fingerprint density at radius 3 is 1.65 bits per heavy atom. The molecule has 0 fully saturated rings. The van der Waals surface area contributed by atoms with Crippen molar-refractivity contribution < 1.29 is 4.42 Å². The molecule has 0 aliphatic carbocycles. The van der Waals surface area contributed by atoms with Crippen LogP contribution in [0.25, 0.3) is 111 Å². The minimum Gasteiger partial charge on any atom is -0.455 e. The molecular weight excluding hydrogens is 695 g/mol. The van der Waals surface area contributed by atoms with Gasteiger partial charge in [0.2, 0.25) is 0 Å². The third-order valence-electron chi connectivity index (χ3n) is 11.0. The zero-order chi connectivity index (χ0) is 37.7. The van der Waals surface area contributed by atoms with Gasteiger partial charge in [0.25, 0.3) is 0 Å². The average Bonchev–Trinajstić information content (AvgIpc) is 3.68. The number of para-hydroxylation sites is 2. The smallest absolute Gasteiger partial charge is 0.167 e. The molecule has 2 heterocycles. The molecule has 11 aromatic rings. The van der Waals surface area contributed by atoms with Crippen LogP contribution in [-0.4, -0.2) is 15.0 Å². The Morgan fingerprint density at radius 1 is 0.298 bits per heavy atom. The minimum atomic E-state index is 0.564. The number of fused-ring (bicyclic) bond motifs is 5. The van der Waals surface area contributed by atoms with Crippen molar-refractivity contribution in [3.8, 4) is 67.5 Å². The van der Waals surface area contributed by atoms with Gasteiger partial charge in [-0.25, -0.2) is 15.0 Å². The molecule has 0 radical (unpaired) electrons. The highest BCUT2D eigenvalue weighted by Gasteiger charge is 2.20. The zero-order valence-electron chi connectivity index (χ0n) is 30.8. The highest BCUT2D eigenvalue weighted by Crippen LogP contribution is 2.42. The Labute approximate surface area is 329 Å². The van der Waals surface area contributed by atoms with Gasteiger partial charge >= 0.3 is 0 Å². The molecule has 11 rings (SSSR count). The molecule has 0 aliphatic rings. The van der Waals surface area contributed by atoms with Gasteiger partial charge in [0, 0.05) is 21.9 Å². The lowest BCUT2D eigenvalue weighted by Gasteiger charge is -2.16. The van der Waals surface area contributed by atoms with Crippen molar-refractivity contribution in [2.75, 3.05) is 0 Å². The predicted molar refractivity (Wildman–Crippen MR) is 235 cm³/mol. The summed E-state index contributed by atoms with van der Waals surface area (Å²) in [5.41, 5.74) is 11.4. The van der Waals surface area contributed by atoms with Crippen LogP contribution in [-0.2, 0) is 0 Å². The third kappa shape index (κ3) is 5.66. The van der Waals surface area contributed by atoms with Gasteiger partial charge in [-0.3, -0.25) is 0 Å². The van der Waals surface area contributed by atoms with Crippen LogP contribution in [0.3, 0.4) is 0 Å². The molecule has 0 saturated heterocycles. The van der Waals surface area contributed by atoms with Gasteiger partial charge in [0.05, 0.1) is 5.56 Å². The Hall–Kier alpha value is -7.69. The summed E-state index contributed by atoms with van der Waals surface area (Å²) in [4.78, 5) is 15.4. The maximum Gasteiger partial charge on any atom is 0.167 e. The van der Waals surface area contributed by atoms with Crippen LogP contribution < -0.4 is 0 Å². The summed E-state index contributed by atoms with van der Waals surface area (Å²) in [6, 6.07) is 70.1. The molecule has 0 aliphatic heterocycles. The van der Waals surface area contributed by atoms with Gasteiger partial charge in [0.1, 0.15) is 11.2 Å². The fourth-order valence-electron chi connectivity index (χ4n) is 8.29. The SMILES string of the molecule is c1ccc(-c2nc(-c3ccc(-c4cccc(-c5c(-c6ccccc6)ccc6ccccc56)c4)c4ccccc34)nc(-c3cccc4c3oc3ccccc34)n2)cc1. The summed E-state index contributed by atoms with van der Waals surface area (Å²) in [6.45, 7) is 0. The van der Waals surface area contributed by atoms with Crippen LogP contribution in [0, 0.1) is 0 Å². The number of hydrogen-bond acceptors (Lipinski definition) is 4. The van der Waals surface area contributed by atoms with Gasteiger partial charge in [-0.15, -0.1) is 0 Å². The summed E-state index contributed by atoms with van der Waals surface area (Å²) in [6.07, 6.45) is 0. The van der Waals surface area contributed by atoms with Gasteiger partial charge in [0.15, 0.2) is 17.5 Å². The van der Waals surface area contributed by atoms with E-state index in [1.165, 1.54) is 33.0 Å². The van der Waals surface area contributed by atoms with E-state index in [1.54, 1.807) is 0 Å². The first-order chi connectivity index (χ1) is 28.3. The van der Waals surface area contributed by atoms with Crippen molar-refractivity contribution in [3.05, 3.63) is 200 Å². The molecule has 57 heavy (non-hydrogen) atoms. The molecule has 0 amide bonds. The largest absolute Gasteiger partial charge is 0.455 e. The molecule has 4 nitrogen and oxygen atoms in total. The molecule has 0 saturated carbocycles. The lowest BCUT2D eigenvalue weighted by atomic mass is 9.88. The first-order valence-electron chi connectivity index (χ1n) is 19.2. The molecule has 4 heteroatoms. The lowest BCUT2D eigenvalue weighted by Crippen LogP contribution is -2.01. The maximum absolute atomic E-state index is 6.46. The predicted octanol–water partition coefficient (Wildman–Crippen LogP) is 14.1. The van der Waals surface area contributed by atoms with Crippen LogP contribution >= 0.6 is 0 Å². The van der Waals surface area contributed by atoms with Crippen LogP contribution in [0.5, 0.6) is 0 Å². The molecule has 0 atom stereocenters. The molecular formula is C53H33N3O. The van der Waals surface area contributed by atoms with E-state index in [1.807, 2.05) is 60.7 Å². The van der Waals surface area contributed by atoms with Crippen molar-refractivity contribution in [2.24, 2.45) is 0 Å². The molecule has 266 valence electrons. The number of aromatic nitrogens is 3. The fraction of sp³-hybridized carbons (Fsp3) is 0. The van der Waals surface area contributed by atoms with Crippen LogP contribution in [0.2, 0.25) is 0 Å². The molecule has 2 aromatic heterocycles. The van der Waals surface area contributed by atoms with Gasteiger partial charge in [-0.1, -0.05) is 176 Å². The van der Waals surface area contributed by atoms with Crippen molar-refractivity contribution in [1.82, 2.24) is 15.0 Å². The Balaban J connectivity index is 1.09. The van der Waals surface area contributed by atoms with E-state index in [2.05, 4.69) is 140 Å². The first kappa shape index (κ1) is 32.7. The third-order valence-corrected chi connectivity index (χ3v) is 11.0. The summed E-state index contributed by atoms with van der Waals surface area (Å²) in [7, 11) is 0. The van der Waals surface area contributed by atoms with Crippen LogP contribution in [0.4, 0.5) is 0 Å². The fourth-order valence-corrected chi connectivity index (χ4v) is 8.29. The summed E-state index contributed by atoms with van der Waals surface area (Å²) in [5.74, 6) is 1.77. The summed E-state index contributed by atoms with van der Waals surface area (Å²) in [5, 5.41) is 6.73. The van der Waals surface area contributed by atoms with Gasteiger partial charge in [-0.05, 0) is 79.2 Å². The van der Waals surface area contributed by atoms with E-state index in [0.29, 0.717) is 17.5 Å². The Kier molecular flexibility index (Phi) is 7.78. The second kappa shape index (κ2) is 13.6. The second-order valence-corrected chi connectivity index (χ2v) is 14.3. The number of nitrogens with zero attached hydrogens (tertiary/aromatic N) is 3. The van der Waals surface area contributed by atoms with E-state index in [4.69, 9.17) is 19.4 Å². The van der Waals surface area contributed by atoms with E-state index >= 15 is 0 Å². The van der Waals surface area contributed by atoms with Crippen molar-refractivity contribution in [1.29, 1.82) is 0 Å². The number of hydrogen-bond donors (Lipinski definition) is 0. The van der Waals surface area contributed by atoms with Crippen LogP contribution in [0.1, 0.15) is 0 Å². The van der Waals surface area contributed by atoms with Gasteiger partial charge in [-0.2, -0.15) is 0 Å². The summed E-state index contributed by atoms with van der Waals surface area (Å²) >= 11 is 0. The summed E-state index contributed by atoms with van der Waals surface area (Å²) < 4.78 is 6.46. The van der Waals surface area contributed by atoms with Gasteiger partial charge < -0.3 is 4.42 Å². The van der Waals surface area contributed by atoms with Crippen LogP contribution in [0.15, 0.2) is 205 Å². The number of furan rings is 1. The second-order valence-electron chi connectivity index (χ2n) is 14.3. The van der Waals surface area contributed by atoms with E-state index in [0.717, 1.165) is 60.5 Å².